The number of hydrogen-bond donors (Lipinski definition) is 1. The van der Waals surface area contributed by atoms with Gasteiger partial charge in [0.05, 0.1) is 14.2 Å². The summed E-state index contributed by atoms with van der Waals surface area (Å²) < 4.78 is 12.3. The number of nitrogens with zero attached hydrogens (tertiary/aromatic N) is 4. The fraction of sp³-hybridized carbons (Fsp3) is 0.462. The van der Waals surface area contributed by atoms with Gasteiger partial charge in [0.15, 0.2) is 17.3 Å². The van der Waals surface area contributed by atoms with E-state index in [0.29, 0.717) is 19.5 Å². The lowest BCUT2D eigenvalue weighted by atomic mass is 10.1. The second kappa shape index (κ2) is 6.85. The molecular weight excluding hydrogens is 258 g/mol. The van der Waals surface area contributed by atoms with Gasteiger partial charge < -0.3 is 15.2 Å². The van der Waals surface area contributed by atoms with Gasteiger partial charge in [-0.2, -0.15) is 0 Å². The van der Waals surface area contributed by atoms with E-state index in [1.54, 1.807) is 18.9 Å². The molecule has 1 heterocycles. The van der Waals surface area contributed by atoms with Gasteiger partial charge in [0, 0.05) is 13.0 Å². The molecule has 0 unspecified atom stereocenters. The molecule has 0 amide bonds. The van der Waals surface area contributed by atoms with E-state index in [1.807, 2.05) is 18.2 Å². The number of aromatic nitrogens is 4. The molecule has 0 aliphatic carbocycles. The Morgan fingerprint density at radius 3 is 2.65 bits per heavy atom. The third kappa shape index (κ3) is 3.24. The van der Waals surface area contributed by atoms with Crippen LogP contribution in [0, 0.1) is 0 Å². The minimum Gasteiger partial charge on any atom is -0.493 e. The van der Waals surface area contributed by atoms with Gasteiger partial charge >= 0.3 is 0 Å². The Hall–Kier alpha value is -2.15. The van der Waals surface area contributed by atoms with Crippen LogP contribution in [0.15, 0.2) is 18.2 Å². The second-order valence-corrected chi connectivity index (χ2v) is 4.30. The summed E-state index contributed by atoms with van der Waals surface area (Å²) >= 11 is 0. The van der Waals surface area contributed by atoms with Crippen LogP contribution < -0.4 is 15.2 Å². The fourth-order valence-corrected chi connectivity index (χ4v) is 1.98. The number of methoxy groups -OCH3 is 2. The van der Waals surface area contributed by atoms with Crippen molar-refractivity contribution in [2.45, 2.75) is 19.4 Å². The van der Waals surface area contributed by atoms with E-state index in [1.165, 1.54) is 0 Å². The first-order chi connectivity index (χ1) is 9.78. The Labute approximate surface area is 117 Å². The van der Waals surface area contributed by atoms with Gasteiger partial charge in [0.2, 0.25) is 0 Å². The molecule has 2 rings (SSSR count). The maximum absolute atomic E-state index is 5.53. The molecule has 0 atom stereocenters. The maximum Gasteiger partial charge on any atom is 0.160 e. The van der Waals surface area contributed by atoms with Gasteiger partial charge in [0.25, 0.3) is 0 Å². The van der Waals surface area contributed by atoms with Crippen molar-refractivity contribution in [3.63, 3.8) is 0 Å². The Morgan fingerprint density at radius 1 is 1.15 bits per heavy atom. The predicted octanol–water partition coefficient (Wildman–Crippen LogP) is 0.434. The zero-order chi connectivity index (χ0) is 14.4. The Bertz CT molecular complexity index is 555. The molecule has 0 spiro atoms. The van der Waals surface area contributed by atoms with Crippen LogP contribution in [0.25, 0.3) is 0 Å². The van der Waals surface area contributed by atoms with E-state index in [-0.39, 0.29) is 0 Å². The predicted molar refractivity (Wildman–Crippen MR) is 73.8 cm³/mol. The van der Waals surface area contributed by atoms with E-state index in [0.717, 1.165) is 29.3 Å². The summed E-state index contributed by atoms with van der Waals surface area (Å²) in [6, 6.07) is 5.87. The van der Waals surface area contributed by atoms with Crippen molar-refractivity contribution in [2.75, 3.05) is 20.8 Å². The van der Waals surface area contributed by atoms with Crippen molar-refractivity contribution in [2.24, 2.45) is 5.73 Å². The lowest BCUT2D eigenvalue weighted by molar-refractivity contribution is 0.354. The van der Waals surface area contributed by atoms with E-state index in [4.69, 9.17) is 15.2 Å². The monoisotopic (exact) mass is 277 g/mol. The largest absolute Gasteiger partial charge is 0.493 e. The molecule has 0 radical (unpaired) electrons. The molecule has 0 aliphatic heterocycles. The minimum absolute atomic E-state index is 0.538. The van der Waals surface area contributed by atoms with Crippen LogP contribution in [0.4, 0.5) is 0 Å². The molecule has 2 aromatic rings. The first-order valence-electron chi connectivity index (χ1n) is 6.44. The van der Waals surface area contributed by atoms with Crippen molar-refractivity contribution in [1.29, 1.82) is 0 Å². The zero-order valence-corrected chi connectivity index (χ0v) is 11.7. The maximum atomic E-state index is 5.53. The quantitative estimate of drug-likeness (QED) is 0.789. The Balaban J connectivity index is 2.05. The summed E-state index contributed by atoms with van der Waals surface area (Å²) in [5, 5.41) is 11.6. The minimum atomic E-state index is 0.538. The SMILES string of the molecule is COc1ccc(CCn2nnnc2CCN)cc1OC. The van der Waals surface area contributed by atoms with E-state index < -0.39 is 0 Å². The molecule has 0 bridgehead atoms. The van der Waals surface area contributed by atoms with Crippen molar-refractivity contribution in [3.05, 3.63) is 29.6 Å². The number of rotatable bonds is 7. The number of tetrazole rings is 1. The van der Waals surface area contributed by atoms with Gasteiger partial charge in [-0.15, -0.1) is 5.10 Å². The highest BCUT2D eigenvalue weighted by Gasteiger charge is 2.07. The summed E-state index contributed by atoms with van der Waals surface area (Å²) in [7, 11) is 3.25. The molecule has 2 N–H and O–H groups in total. The molecule has 1 aromatic heterocycles. The van der Waals surface area contributed by atoms with Gasteiger partial charge in [-0.3, -0.25) is 0 Å². The van der Waals surface area contributed by atoms with Crippen LogP contribution in [0.5, 0.6) is 11.5 Å². The van der Waals surface area contributed by atoms with Crippen LogP contribution in [-0.2, 0) is 19.4 Å². The molecule has 0 saturated carbocycles. The van der Waals surface area contributed by atoms with Crippen LogP contribution >= 0.6 is 0 Å². The number of benzene rings is 1. The van der Waals surface area contributed by atoms with Crippen molar-refractivity contribution in [1.82, 2.24) is 20.2 Å². The van der Waals surface area contributed by atoms with Crippen molar-refractivity contribution < 1.29 is 9.47 Å². The van der Waals surface area contributed by atoms with Crippen molar-refractivity contribution in [3.8, 4) is 11.5 Å². The first kappa shape index (κ1) is 14.3. The average molecular weight is 277 g/mol. The molecule has 1 aromatic carbocycles. The highest BCUT2D eigenvalue weighted by atomic mass is 16.5. The molecule has 0 saturated heterocycles. The highest BCUT2D eigenvalue weighted by Crippen LogP contribution is 2.27. The summed E-state index contributed by atoms with van der Waals surface area (Å²) in [6.07, 6.45) is 1.49. The zero-order valence-electron chi connectivity index (χ0n) is 11.7. The third-order valence-corrected chi connectivity index (χ3v) is 3.03. The number of hydrogen-bond acceptors (Lipinski definition) is 6. The normalized spacial score (nSPS) is 10.6. The number of nitrogens with two attached hydrogens (primary N) is 1. The number of ether oxygens (including phenoxy) is 2. The van der Waals surface area contributed by atoms with E-state index in [9.17, 15) is 0 Å². The smallest absolute Gasteiger partial charge is 0.160 e. The van der Waals surface area contributed by atoms with E-state index in [2.05, 4.69) is 15.5 Å². The van der Waals surface area contributed by atoms with Crippen LogP contribution in [-0.4, -0.2) is 41.0 Å². The molecule has 7 nitrogen and oxygen atoms in total. The number of aryl methyl sites for hydroxylation is 2. The molecule has 7 heteroatoms. The summed E-state index contributed by atoms with van der Waals surface area (Å²) in [5.41, 5.74) is 6.66. The fourth-order valence-electron chi connectivity index (χ4n) is 1.98. The van der Waals surface area contributed by atoms with Gasteiger partial charge in [0.1, 0.15) is 0 Å². The Morgan fingerprint density at radius 2 is 1.95 bits per heavy atom. The molecule has 20 heavy (non-hydrogen) atoms. The topological polar surface area (TPSA) is 88.1 Å². The summed E-state index contributed by atoms with van der Waals surface area (Å²) in [5.74, 6) is 2.26. The second-order valence-electron chi connectivity index (χ2n) is 4.30. The highest BCUT2D eigenvalue weighted by molar-refractivity contribution is 5.42. The lowest BCUT2D eigenvalue weighted by Crippen LogP contribution is -2.12. The van der Waals surface area contributed by atoms with Gasteiger partial charge in [-0.05, 0) is 41.1 Å². The average Bonchev–Trinajstić information content (AvgIpc) is 2.92. The lowest BCUT2D eigenvalue weighted by Gasteiger charge is -2.10. The van der Waals surface area contributed by atoms with Crippen molar-refractivity contribution >= 4 is 0 Å². The molecule has 0 aliphatic rings. The third-order valence-electron chi connectivity index (χ3n) is 3.03. The van der Waals surface area contributed by atoms with Gasteiger partial charge in [-0.25, -0.2) is 4.68 Å². The molecule has 0 fully saturated rings. The van der Waals surface area contributed by atoms with Crippen LogP contribution in [0.1, 0.15) is 11.4 Å². The Kier molecular flexibility index (Phi) is 4.89. The standard InChI is InChI=1S/C13H19N5O2/c1-19-11-4-3-10(9-12(11)20-2)6-8-18-13(5-7-14)15-16-17-18/h3-4,9H,5-8,14H2,1-2H3. The van der Waals surface area contributed by atoms with E-state index >= 15 is 0 Å². The first-order valence-corrected chi connectivity index (χ1v) is 6.44. The molecule has 108 valence electrons. The summed E-state index contributed by atoms with van der Waals surface area (Å²) in [6.45, 7) is 1.24. The molecular formula is C13H19N5O2. The summed E-state index contributed by atoms with van der Waals surface area (Å²) in [4.78, 5) is 0. The van der Waals surface area contributed by atoms with Crippen LogP contribution in [0.2, 0.25) is 0 Å². The van der Waals surface area contributed by atoms with Gasteiger partial charge in [-0.1, -0.05) is 6.07 Å². The van der Waals surface area contributed by atoms with Crippen LogP contribution in [0.3, 0.4) is 0 Å².